The van der Waals surface area contributed by atoms with Crippen molar-refractivity contribution in [3.8, 4) is 5.75 Å². The number of thiazole rings is 1. The Morgan fingerprint density at radius 1 is 1.35 bits per heavy atom. The lowest BCUT2D eigenvalue weighted by Gasteiger charge is -2.14. The molecule has 108 valence electrons. The summed E-state index contributed by atoms with van der Waals surface area (Å²) in [6, 6.07) is 5.88. The molecule has 0 amide bonds. The maximum absolute atomic E-state index is 5.81. The maximum atomic E-state index is 5.81. The summed E-state index contributed by atoms with van der Waals surface area (Å²) in [6.07, 6.45) is 0. The largest absolute Gasteiger partial charge is 0.485 e. The van der Waals surface area contributed by atoms with Crippen LogP contribution in [0.15, 0.2) is 28.1 Å². The van der Waals surface area contributed by atoms with E-state index in [1.54, 1.807) is 11.3 Å². The van der Waals surface area contributed by atoms with Gasteiger partial charge in [0.1, 0.15) is 17.4 Å². The first kappa shape index (κ1) is 15.8. The Bertz CT molecular complexity index is 592. The Kier molecular flexibility index (Phi) is 5.10. The van der Waals surface area contributed by atoms with Crippen molar-refractivity contribution >= 4 is 38.9 Å². The second kappa shape index (κ2) is 6.46. The van der Waals surface area contributed by atoms with Crippen LogP contribution in [0.2, 0.25) is 0 Å². The van der Waals surface area contributed by atoms with Crippen LogP contribution in [-0.2, 0) is 17.9 Å². The van der Waals surface area contributed by atoms with E-state index >= 15 is 0 Å². The zero-order chi connectivity index (χ0) is 14.8. The van der Waals surface area contributed by atoms with Gasteiger partial charge in [-0.05, 0) is 33.6 Å². The molecule has 0 unspecified atom stereocenters. The molecule has 0 aliphatic rings. The van der Waals surface area contributed by atoms with E-state index in [9.17, 15) is 0 Å². The van der Waals surface area contributed by atoms with Crippen LogP contribution in [0.3, 0.4) is 0 Å². The van der Waals surface area contributed by atoms with E-state index in [0.29, 0.717) is 12.5 Å². The van der Waals surface area contributed by atoms with Gasteiger partial charge in [0.15, 0.2) is 0 Å². The Morgan fingerprint density at radius 3 is 2.65 bits per heavy atom. The predicted molar refractivity (Wildman–Crippen MR) is 88.8 cm³/mol. The molecule has 0 saturated heterocycles. The van der Waals surface area contributed by atoms with Gasteiger partial charge in [-0.3, -0.25) is 0 Å². The fourth-order valence-electron chi connectivity index (χ4n) is 1.61. The number of benzene rings is 1. The average Bonchev–Trinajstić information content (AvgIpc) is 2.86. The molecule has 1 aromatic heterocycles. The zero-order valence-electron chi connectivity index (χ0n) is 11.7. The van der Waals surface area contributed by atoms with Crippen LogP contribution >= 0.6 is 38.9 Å². The maximum Gasteiger partial charge on any atom is 0.140 e. The predicted octanol–water partition coefficient (Wildman–Crippen LogP) is 5.52. The molecule has 0 aliphatic carbocycles. The number of aromatic nitrogens is 1. The van der Waals surface area contributed by atoms with Gasteiger partial charge in [-0.15, -0.1) is 22.9 Å². The highest BCUT2D eigenvalue weighted by Crippen LogP contribution is 2.29. The van der Waals surface area contributed by atoms with Crippen LogP contribution in [0, 0.1) is 0 Å². The molecular formula is C15H17BrClNOS. The molecule has 2 rings (SSSR count). The minimum Gasteiger partial charge on any atom is -0.485 e. The van der Waals surface area contributed by atoms with E-state index in [1.807, 2.05) is 18.2 Å². The number of hydrogen-bond donors (Lipinski definition) is 0. The van der Waals surface area contributed by atoms with Crippen molar-refractivity contribution in [1.29, 1.82) is 0 Å². The molecule has 0 bridgehead atoms. The highest BCUT2D eigenvalue weighted by molar-refractivity contribution is 9.10. The number of alkyl halides is 1. The highest BCUT2D eigenvalue weighted by atomic mass is 79.9. The minimum absolute atomic E-state index is 0.0807. The van der Waals surface area contributed by atoms with Gasteiger partial charge in [-0.1, -0.05) is 26.8 Å². The van der Waals surface area contributed by atoms with Crippen LogP contribution in [-0.4, -0.2) is 4.98 Å². The smallest absolute Gasteiger partial charge is 0.140 e. The summed E-state index contributed by atoms with van der Waals surface area (Å²) in [5.41, 5.74) is 2.25. The van der Waals surface area contributed by atoms with E-state index in [0.717, 1.165) is 26.5 Å². The standard InChI is InChI=1S/C15H17BrClNOS/c1-15(2,3)13-9-20-14(18-13)8-19-12-5-4-10(7-17)6-11(12)16/h4-6,9H,7-8H2,1-3H3. The van der Waals surface area contributed by atoms with Crippen molar-refractivity contribution in [2.45, 2.75) is 38.7 Å². The lowest BCUT2D eigenvalue weighted by Crippen LogP contribution is -2.11. The molecule has 0 fully saturated rings. The third kappa shape index (κ3) is 3.96. The molecule has 0 N–H and O–H groups in total. The van der Waals surface area contributed by atoms with E-state index in [1.165, 1.54) is 0 Å². The lowest BCUT2D eigenvalue weighted by atomic mass is 9.93. The summed E-state index contributed by atoms with van der Waals surface area (Å²) in [7, 11) is 0. The quantitative estimate of drug-likeness (QED) is 0.657. The van der Waals surface area contributed by atoms with Crippen LogP contribution in [0.25, 0.3) is 0 Å². The summed E-state index contributed by atoms with van der Waals surface area (Å²) >= 11 is 10.9. The molecule has 0 atom stereocenters. The fourth-order valence-corrected chi connectivity index (χ4v) is 3.24. The summed E-state index contributed by atoms with van der Waals surface area (Å²) < 4.78 is 6.73. The SMILES string of the molecule is CC(C)(C)c1csc(COc2ccc(CCl)cc2Br)n1. The molecular weight excluding hydrogens is 358 g/mol. The summed E-state index contributed by atoms with van der Waals surface area (Å²) in [5.74, 6) is 1.31. The third-order valence-electron chi connectivity index (χ3n) is 2.82. The molecule has 0 spiro atoms. The second-order valence-electron chi connectivity index (χ2n) is 5.56. The van der Waals surface area contributed by atoms with E-state index < -0.39 is 0 Å². The molecule has 0 saturated carbocycles. The van der Waals surface area contributed by atoms with Gasteiger partial charge in [0.2, 0.25) is 0 Å². The Morgan fingerprint density at radius 2 is 2.10 bits per heavy atom. The Hall–Kier alpha value is -0.580. The third-order valence-corrected chi connectivity index (χ3v) is 4.57. The number of halogens is 2. The van der Waals surface area contributed by atoms with Crippen LogP contribution in [0.5, 0.6) is 5.75 Å². The first-order valence-corrected chi connectivity index (χ1v) is 8.53. The molecule has 1 aromatic carbocycles. The number of ether oxygens (including phenoxy) is 1. The van der Waals surface area contributed by atoms with E-state index in [4.69, 9.17) is 16.3 Å². The molecule has 0 radical (unpaired) electrons. The van der Waals surface area contributed by atoms with Gasteiger partial charge in [0.25, 0.3) is 0 Å². The highest BCUT2D eigenvalue weighted by Gasteiger charge is 2.17. The average molecular weight is 375 g/mol. The topological polar surface area (TPSA) is 22.1 Å². The van der Waals surface area contributed by atoms with Gasteiger partial charge in [0, 0.05) is 16.7 Å². The lowest BCUT2D eigenvalue weighted by molar-refractivity contribution is 0.303. The van der Waals surface area contributed by atoms with Gasteiger partial charge in [-0.25, -0.2) is 4.98 Å². The summed E-state index contributed by atoms with van der Waals surface area (Å²) in [5, 5.41) is 3.09. The van der Waals surface area contributed by atoms with Crippen molar-refractivity contribution in [1.82, 2.24) is 4.98 Å². The van der Waals surface area contributed by atoms with Crippen LogP contribution in [0.4, 0.5) is 0 Å². The Balaban J connectivity index is 2.04. The molecule has 2 nitrogen and oxygen atoms in total. The van der Waals surface area contributed by atoms with E-state index in [2.05, 4.69) is 47.1 Å². The summed E-state index contributed by atoms with van der Waals surface area (Å²) in [6.45, 7) is 6.97. The molecule has 1 heterocycles. The molecule has 0 aliphatic heterocycles. The molecule has 2 aromatic rings. The second-order valence-corrected chi connectivity index (χ2v) is 7.63. The van der Waals surface area contributed by atoms with Gasteiger partial charge in [-0.2, -0.15) is 0 Å². The first-order valence-electron chi connectivity index (χ1n) is 6.32. The number of nitrogens with zero attached hydrogens (tertiary/aromatic N) is 1. The van der Waals surface area contributed by atoms with Crippen molar-refractivity contribution < 1.29 is 4.74 Å². The van der Waals surface area contributed by atoms with Crippen molar-refractivity contribution in [2.75, 3.05) is 0 Å². The first-order chi connectivity index (χ1) is 9.40. The minimum atomic E-state index is 0.0807. The zero-order valence-corrected chi connectivity index (χ0v) is 14.9. The monoisotopic (exact) mass is 373 g/mol. The van der Waals surface area contributed by atoms with Gasteiger partial charge >= 0.3 is 0 Å². The summed E-state index contributed by atoms with van der Waals surface area (Å²) in [4.78, 5) is 4.62. The van der Waals surface area contributed by atoms with Crippen molar-refractivity contribution in [3.05, 3.63) is 44.3 Å². The fraction of sp³-hybridized carbons (Fsp3) is 0.400. The van der Waals surface area contributed by atoms with Crippen molar-refractivity contribution in [3.63, 3.8) is 0 Å². The normalized spacial score (nSPS) is 11.7. The van der Waals surface area contributed by atoms with Crippen LogP contribution in [0.1, 0.15) is 37.0 Å². The Labute approximate surface area is 137 Å². The number of rotatable bonds is 4. The molecule has 20 heavy (non-hydrogen) atoms. The van der Waals surface area contributed by atoms with Gasteiger partial charge < -0.3 is 4.74 Å². The van der Waals surface area contributed by atoms with E-state index in [-0.39, 0.29) is 5.41 Å². The van der Waals surface area contributed by atoms with Crippen LogP contribution < -0.4 is 4.74 Å². The molecule has 5 heteroatoms. The van der Waals surface area contributed by atoms with Gasteiger partial charge in [0.05, 0.1) is 10.2 Å². The van der Waals surface area contributed by atoms with Crippen molar-refractivity contribution in [2.24, 2.45) is 0 Å². The number of hydrogen-bond acceptors (Lipinski definition) is 3.